The highest BCUT2D eigenvalue weighted by Gasteiger charge is 2.29. The molecule has 0 heterocycles. The Hall–Kier alpha value is 0.310. The van der Waals surface area contributed by atoms with E-state index in [-0.39, 0.29) is 14.6 Å². The SMILES string of the molecule is CCCCCCCCCCCCCCCCCCCCCC[PH2+]C(N)(N)C(C)N. The summed E-state index contributed by atoms with van der Waals surface area (Å²) in [5.74, 6) is 0. The Morgan fingerprint density at radius 2 is 0.828 bits per heavy atom. The summed E-state index contributed by atoms with van der Waals surface area (Å²) in [6.45, 7) is 4.22. The van der Waals surface area contributed by atoms with Gasteiger partial charge in [-0.3, -0.25) is 11.5 Å². The largest absolute Gasteiger partial charge is 0.322 e. The fourth-order valence-electron chi connectivity index (χ4n) is 3.94. The van der Waals surface area contributed by atoms with Crippen LogP contribution < -0.4 is 17.2 Å². The molecular weight excluding hydrogens is 373 g/mol. The van der Waals surface area contributed by atoms with Crippen molar-refractivity contribution in [2.24, 2.45) is 17.2 Å². The van der Waals surface area contributed by atoms with Crippen LogP contribution in [-0.4, -0.2) is 17.6 Å². The van der Waals surface area contributed by atoms with Gasteiger partial charge in [-0.1, -0.05) is 122 Å². The Morgan fingerprint density at radius 1 is 0.552 bits per heavy atom. The molecule has 2 unspecified atom stereocenters. The number of nitrogens with two attached hydrogens (primary N) is 3. The van der Waals surface area contributed by atoms with Crippen molar-refractivity contribution in [2.45, 2.75) is 154 Å². The summed E-state index contributed by atoms with van der Waals surface area (Å²) < 4.78 is 0. The predicted octanol–water partition coefficient (Wildman–Crippen LogP) is 7.14. The summed E-state index contributed by atoms with van der Waals surface area (Å²) in [6, 6.07) is -0.0948. The lowest BCUT2D eigenvalue weighted by Gasteiger charge is -2.22. The molecule has 0 aliphatic rings. The van der Waals surface area contributed by atoms with Crippen molar-refractivity contribution in [1.29, 1.82) is 0 Å². The molecule has 3 nitrogen and oxygen atoms in total. The van der Waals surface area contributed by atoms with Crippen LogP contribution in [0.1, 0.15) is 142 Å². The summed E-state index contributed by atoms with van der Waals surface area (Å²) in [7, 11) is 0.0668. The first-order chi connectivity index (χ1) is 14.0. The van der Waals surface area contributed by atoms with Crippen molar-refractivity contribution in [3.05, 3.63) is 0 Å². The molecule has 29 heavy (non-hydrogen) atoms. The van der Waals surface area contributed by atoms with Gasteiger partial charge in [0.2, 0.25) is 0 Å². The maximum absolute atomic E-state index is 6.03. The molecule has 0 spiro atoms. The van der Waals surface area contributed by atoms with Crippen LogP contribution >= 0.6 is 8.58 Å². The van der Waals surface area contributed by atoms with Gasteiger partial charge in [0.1, 0.15) is 0 Å². The second kappa shape index (κ2) is 21.5. The standard InChI is InChI=1S/C25H56N3P/c1-3-4-5-6-7-8-9-10-11-12-13-14-15-16-17-18-19-20-21-22-23-29-25(27,28)24(2)26/h24,29H,3-23,26-28H2,1-2H3/p+1. The molecule has 4 heteroatoms. The van der Waals surface area contributed by atoms with E-state index >= 15 is 0 Å². The third kappa shape index (κ3) is 21.3. The highest BCUT2D eigenvalue weighted by molar-refractivity contribution is 7.39. The Kier molecular flexibility index (Phi) is 21.8. The van der Waals surface area contributed by atoms with Crippen LogP contribution in [0.5, 0.6) is 0 Å². The maximum atomic E-state index is 6.03. The molecule has 0 radical (unpaired) electrons. The number of hydrogen-bond acceptors (Lipinski definition) is 3. The third-order valence-electron chi connectivity index (χ3n) is 6.34. The van der Waals surface area contributed by atoms with Gasteiger partial charge in [-0.2, -0.15) is 0 Å². The van der Waals surface area contributed by atoms with E-state index in [2.05, 4.69) is 6.92 Å². The van der Waals surface area contributed by atoms with Crippen molar-refractivity contribution in [1.82, 2.24) is 0 Å². The Balaban J connectivity index is 3.10. The minimum absolute atomic E-state index is 0.0668. The molecular formula is C25H57N3P+. The molecule has 176 valence electrons. The lowest BCUT2D eigenvalue weighted by molar-refractivity contribution is 0.519. The highest BCUT2D eigenvalue weighted by Crippen LogP contribution is 2.26. The molecule has 6 N–H and O–H groups in total. The molecule has 0 aromatic rings. The zero-order valence-electron chi connectivity index (χ0n) is 20.2. The van der Waals surface area contributed by atoms with E-state index in [9.17, 15) is 0 Å². The lowest BCUT2D eigenvalue weighted by Crippen LogP contribution is -2.57. The molecule has 0 aliphatic carbocycles. The number of hydrogen-bond donors (Lipinski definition) is 3. The smallest absolute Gasteiger partial charge is 0.187 e. The van der Waals surface area contributed by atoms with Crippen molar-refractivity contribution in [2.75, 3.05) is 6.16 Å². The molecule has 0 bridgehead atoms. The second-order valence-electron chi connectivity index (χ2n) is 9.50. The van der Waals surface area contributed by atoms with Crippen LogP contribution in [-0.2, 0) is 0 Å². The van der Waals surface area contributed by atoms with E-state index in [1.165, 1.54) is 135 Å². The van der Waals surface area contributed by atoms with Gasteiger partial charge in [0.25, 0.3) is 0 Å². The fraction of sp³-hybridized carbons (Fsp3) is 1.00. The molecule has 2 atom stereocenters. The molecule has 0 aromatic carbocycles. The van der Waals surface area contributed by atoms with Crippen molar-refractivity contribution >= 4 is 8.58 Å². The lowest BCUT2D eigenvalue weighted by atomic mass is 10.0. The maximum Gasteiger partial charge on any atom is 0.187 e. The predicted molar refractivity (Wildman–Crippen MR) is 137 cm³/mol. The van der Waals surface area contributed by atoms with E-state index in [0.717, 1.165) is 0 Å². The minimum atomic E-state index is -0.603. The van der Waals surface area contributed by atoms with Crippen LogP contribution in [0.15, 0.2) is 0 Å². The quantitative estimate of drug-likeness (QED) is 0.0915. The molecule has 0 saturated carbocycles. The van der Waals surface area contributed by atoms with Gasteiger partial charge >= 0.3 is 0 Å². The molecule has 0 saturated heterocycles. The Labute approximate surface area is 185 Å². The summed E-state index contributed by atoms with van der Waals surface area (Å²) in [6.07, 6.45) is 29.8. The van der Waals surface area contributed by atoms with Crippen LogP contribution in [0.4, 0.5) is 0 Å². The van der Waals surface area contributed by atoms with Gasteiger partial charge in [-0.15, -0.1) is 0 Å². The van der Waals surface area contributed by atoms with E-state index in [4.69, 9.17) is 17.2 Å². The first-order valence-corrected chi connectivity index (χ1v) is 14.6. The van der Waals surface area contributed by atoms with Gasteiger partial charge in [0.05, 0.1) is 12.2 Å². The van der Waals surface area contributed by atoms with Gasteiger partial charge in [0.15, 0.2) is 5.40 Å². The van der Waals surface area contributed by atoms with E-state index in [1.807, 2.05) is 6.92 Å². The minimum Gasteiger partial charge on any atom is -0.322 e. The van der Waals surface area contributed by atoms with Crippen LogP contribution in [0, 0.1) is 0 Å². The molecule has 0 rings (SSSR count). The topological polar surface area (TPSA) is 78.1 Å². The van der Waals surface area contributed by atoms with Gasteiger partial charge in [-0.25, -0.2) is 0 Å². The summed E-state index contributed by atoms with van der Waals surface area (Å²) >= 11 is 0. The monoisotopic (exact) mass is 430 g/mol. The Morgan fingerprint density at radius 3 is 1.10 bits per heavy atom. The Bertz CT molecular complexity index is 321. The molecule has 0 aliphatic heterocycles. The first kappa shape index (κ1) is 29.3. The zero-order valence-corrected chi connectivity index (χ0v) is 21.4. The van der Waals surface area contributed by atoms with Crippen LogP contribution in [0.2, 0.25) is 0 Å². The third-order valence-corrected chi connectivity index (χ3v) is 8.27. The second-order valence-corrected chi connectivity index (χ2v) is 11.5. The van der Waals surface area contributed by atoms with Gasteiger partial charge in [0, 0.05) is 8.58 Å². The van der Waals surface area contributed by atoms with Crippen molar-refractivity contribution in [3.8, 4) is 0 Å². The summed E-state index contributed by atoms with van der Waals surface area (Å²) in [4.78, 5) is 0. The first-order valence-electron chi connectivity index (χ1n) is 13.2. The van der Waals surface area contributed by atoms with Crippen LogP contribution in [0.25, 0.3) is 0 Å². The van der Waals surface area contributed by atoms with E-state index in [1.54, 1.807) is 0 Å². The molecule has 0 fully saturated rings. The van der Waals surface area contributed by atoms with Gasteiger partial charge < -0.3 is 5.73 Å². The van der Waals surface area contributed by atoms with E-state index < -0.39 is 5.40 Å². The number of unbranched alkanes of at least 4 members (excludes halogenated alkanes) is 19. The molecule has 0 amide bonds. The van der Waals surface area contributed by atoms with Gasteiger partial charge in [-0.05, 0) is 19.8 Å². The fourth-order valence-corrected chi connectivity index (χ4v) is 5.30. The average molecular weight is 431 g/mol. The average Bonchev–Trinajstić information content (AvgIpc) is 2.69. The summed E-state index contributed by atoms with van der Waals surface area (Å²) in [5.41, 5.74) is 17.9. The van der Waals surface area contributed by atoms with Crippen LogP contribution in [0.3, 0.4) is 0 Å². The zero-order chi connectivity index (χ0) is 21.6. The van der Waals surface area contributed by atoms with Crippen molar-refractivity contribution in [3.63, 3.8) is 0 Å². The number of rotatable bonds is 23. The normalized spacial score (nSPS) is 13.6. The molecule has 0 aromatic heterocycles. The highest BCUT2D eigenvalue weighted by atomic mass is 31.1. The van der Waals surface area contributed by atoms with Crippen molar-refractivity contribution < 1.29 is 0 Å². The van der Waals surface area contributed by atoms with E-state index in [0.29, 0.717) is 0 Å². The summed E-state index contributed by atoms with van der Waals surface area (Å²) in [5, 5.41) is -0.603.